The number of ether oxygens (including phenoxy) is 1. The first kappa shape index (κ1) is 18.4. The number of carbonyl (C=O) groups excluding carboxylic acids is 1. The molecule has 1 aromatic heterocycles. The minimum atomic E-state index is -4.49. The number of pyridine rings is 1. The van der Waals surface area contributed by atoms with E-state index >= 15 is 0 Å². The van der Waals surface area contributed by atoms with Crippen molar-refractivity contribution in [1.29, 1.82) is 5.26 Å². The van der Waals surface area contributed by atoms with Gasteiger partial charge in [-0.1, -0.05) is 12.1 Å². The number of hydrogen-bond donors (Lipinski definition) is 0. The number of nitrogens with zero attached hydrogens (tertiary/aromatic N) is 2. The molecule has 0 radical (unpaired) electrons. The molecular formula is C20H13F3N2O2. The summed E-state index contributed by atoms with van der Waals surface area (Å²) in [5.74, 6) is -0.650. The summed E-state index contributed by atoms with van der Waals surface area (Å²) >= 11 is 0. The quantitative estimate of drug-likeness (QED) is 0.603. The van der Waals surface area contributed by atoms with Crippen molar-refractivity contribution in [2.75, 3.05) is 7.11 Å². The van der Waals surface area contributed by atoms with Crippen molar-refractivity contribution in [2.45, 2.75) is 13.1 Å². The van der Waals surface area contributed by atoms with Gasteiger partial charge in [0.2, 0.25) is 0 Å². The van der Waals surface area contributed by atoms with E-state index in [0.717, 1.165) is 12.1 Å². The molecule has 3 aromatic rings. The third-order valence-corrected chi connectivity index (χ3v) is 4.21. The van der Waals surface area contributed by atoms with Crippen LogP contribution in [0.2, 0.25) is 0 Å². The van der Waals surface area contributed by atoms with E-state index in [9.17, 15) is 18.0 Å². The zero-order valence-corrected chi connectivity index (χ0v) is 14.4. The predicted octanol–water partition coefficient (Wildman–Crippen LogP) is 4.89. The molecule has 0 N–H and O–H groups in total. The van der Waals surface area contributed by atoms with Gasteiger partial charge in [0.05, 0.1) is 41.1 Å². The van der Waals surface area contributed by atoms with Crippen LogP contribution in [0, 0.1) is 18.3 Å². The fraction of sp³-hybridized carbons (Fsp3) is 0.150. The normalized spacial score (nSPS) is 11.3. The summed E-state index contributed by atoms with van der Waals surface area (Å²) in [7, 11) is 1.21. The summed E-state index contributed by atoms with van der Waals surface area (Å²) in [5, 5.41) is 9.51. The summed E-state index contributed by atoms with van der Waals surface area (Å²) in [6.07, 6.45) is -4.49. The second kappa shape index (κ2) is 6.72. The van der Waals surface area contributed by atoms with Crippen LogP contribution in [0.4, 0.5) is 13.2 Å². The van der Waals surface area contributed by atoms with E-state index in [0.29, 0.717) is 22.0 Å². The number of alkyl halides is 3. The summed E-state index contributed by atoms with van der Waals surface area (Å²) in [4.78, 5) is 16.8. The van der Waals surface area contributed by atoms with Gasteiger partial charge < -0.3 is 4.74 Å². The molecule has 0 atom stereocenters. The van der Waals surface area contributed by atoms with Gasteiger partial charge in [0.25, 0.3) is 0 Å². The molecule has 0 saturated heterocycles. The average molecular weight is 370 g/mol. The van der Waals surface area contributed by atoms with E-state index in [4.69, 9.17) is 10.00 Å². The maximum Gasteiger partial charge on any atom is 0.416 e. The number of methoxy groups -OCH3 is 1. The Hall–Kier alpha value is -3.40. The first-order valence-electron chi connectivity index (χ1n) is 7.86. The molecule has 0 bridgehead atoms. The van der Waals surface area contributed by atoms with Crippen molar-refractivity contribution >= 4 is 16.9 Å². The highest BCUT2D eigenvalue weighted by Gasteiger charge is 2.31. The molecule has 7 heteroatoms. The smallest absolute Gasteiger partial charge is 0.416 e. The van der Waals surface area contributed by atoms with Crippen LogP contribution < -0.4 is 0 Å². The lowest BCUT2D eigenvalue weighted by molar-refractivity contribution is -0.137. The zero-order chi connectivity index (χ0) is 19.8. The maximum atomic E-state index is 13.1. The molecule has 0 fully saturated rings. The summed E-state index contributed by atoms with van der Waals surface area (Å²) < 4.78 is 44.0. The second-order valence-corrected chi connectivity index (χ2v) is 5.87. The van der Waals surface area contributed by atoms with Gasteiger partial charge >= 0.3 is 12.1 Å². The highest BCUT2D eigenvalue weighted by molar-refractivity contribution is 6.06. The maximum absolute atomic E-state index is 13.1. The number of aromatic nitrogens is 1. The molecule has 0 aliphatic carbocycles. The van der Waals surface area contributed by atoms with Gasteiger partial charge in [-0.25, -0.2) is 9.78 Å². The molecule has 0 aliphatic heterocycles. The Morgan fingerprint density at radius 3 is 2.56 bits per heavy atom. The SMILES string of the molecule is COC(=O)c1c(C)c(-c2cccc(C(F)(F)F)c2)nc2ccc(C#N)cc12. The number of nitriles is 1. The zero-order valence-electron chi connectivity index (χ0n) is 14.4. The topological polar surface area (TPSA) is 63.0 Å². The number of carbonyl (C=O) groups is 1. The molecule has 0 saturated carbocycles. The molecule has 0 spiro atoms. The summed E-state index contributed by atoms with van der Waals surface area (Å²) in [6, 6.07) is 11.3. The minimum absolute atomic E-state index is 0.173. The van der Waals surface area contributed by atoms with Crippen molar-refractivity contribution < 1.29 is 22.7 Å². The van der Waals surface area contributed by atoms with Crippen LogP contribution in [0.15, 0.2) is 42.5 Å². The third kappa shape index (κ3) is 3.34. The molecule has 4 nitrogen and oxygen atoms in total. The fourth-order valence-electron chi connectivity index (χ4n) is 2.92. The number of halogens is 3. The summed E-state index contributed by atoms with van der Waals surface area (Å²) in [6.45, 7) is 1.59. The number of fused-ring (bicyclic) bond motifs is 1. The lowest BCUT2D eigenvalue weighted by atomic mass is 9.96. The Balaban J connectivity index is 2.34. The highest BCUT2D eigenvalue weighted by Crippen LogP contribution is 2.35. The van der Waals surface area contributed by atoms with Crippen LogP contribution in [-0.2, 0) is 10.9 Å². The fourth-order valence-corrected chi connectivity index (χ4v) is 2.92. The van der Waals surface area contributed by atoms with E-state index in [1.54, 1.807) is 13.0 Å². The van der Waals surface area contributed by atoms with Crippen molar-refractivity contribution in [3.05, 3.63) is 64.7 Å². The Morgan fingerprint density at radius 1 is 1.19 bits per heavy atom. The van der Waals surface area contributed by atoms with Crippen LogP contribution >= 0.6 is 0 Å². The third-order valence-electron chi connectivity index (χ3n) is 4.21. The van der Waals surface area contributed by atoms with E-state index in [2.05, 4.69) is 4.98 Å². The van der Waals surface area contributed by atoms with Crippen LogP contribution in [0.5, 0.6) is 0 Å². The monoisotopic (exact) mass is 370 g/mol. The number of rotatable bonds is 2. The van der Waals surface area contributed by atoms with Crippen molar-refractivity contribution in [1.82, 2.24) is 4.98 Å². The summed E-state index contributed by atoms with van der Waals surface area (Å²) in [5.41, 5.74) is 0.946. The van der Waals surface area contributed by atoms with Gasteiger partial charge in [-0.3, -0.25) is 0 Å². The van der Waals surface area contributed by atoms with Gasteiger partial charge in [-0.05, 0) is 42.8 Å². The van der Waals surface area contributed by atoms with Crippen LogP contribution in [0.25, 0.3) is 22.2 Å². The largest absolute Gasteiger partial charge is 0.465 e. The first-order valence-corrected chi connectivity index (χ1v) is 7.86. The highest BCUT2D eigenvalue weighted by atomic mass is 19.4. The van der Waals surface area contributed by atoms with Crippen LogP contribution in [0.3, 0.4) is 0 Å². The van der Waals surface area contributed by atoms with Crippen molar-refractivity contribution in [3.8, 4) is 17.3 Å². The lowest BCUT2D eigenvalue weighted by Gasteiger charge is -2.15. The van der Waals surface area contributed by atoms with E-state index in [-0.39, 0.29) is 16.8 Å². The van der Waals surface area contributed by atoms with E-state index in [1.165, 1.54) is 31.4 Å². The second-order valence-electron chi connectivity index (χ2n) is 5.87. The molecule has 1 heterocycles. The molecule has 2 aromatic carbocycles. The van der Waals surface area contributed by atoms with E-state index < -0.39 is 17.7 Å². The number of benzene rings is 2. The molecule has 0 aliphatic rings. The van der Waals surface area contributed by atoms with Gasteiger partial charge in [-0.15, -0.1) is 0 Å². The van der Waals surface area contributed by atoms with Gasteiger partial charge in [0.15, 0.2) is 0 Å². The van der Waals surface area contributed by atoms with Gasteiger partial charge in [-0.2, -0.15) is 18.4 Å². The molecule has 136 valence electrons. The molecule has 3 rings (SSSR count). The van der Waals surface area contributed by atoms with Gasteiger partial charge in [0.1, 0.15) is 0 Å². The number of hydrogen-bond acceptors (Lipinski definition) is 4. The molecular weight excluding hydrogens is 357 g/mol. The van der Waals surface area contributed by atoms with E-state index in [1.807, 2.05) is 6.07 Å². The molecule has 0 amide bonds. The first-order chi connectivity index (χ1) is 12.8. The predicted molar refractivity (Wildman–Crippen MR) is 93.0 cm³/mol. The van der Waals surface area contributed by atoms with Gasteiger partial charge in [0, 0.05) is 10.9 Å². The van der Waals surface area contributed by atoms with Crippen molar-refractivity contribution in [3.63, 3.8) is 0 Å². The molecule has 0 unspecified atom stereocenters. The average Bonchev–Trinajstić information content (AvgIpc) is 2.66. The van der Waals surface area contributed by atoms with Crippen LogP contribution in [-0.4, -0.2) is 18.1 Å². The molecule has 27 heavy (non-hydrogen) atoms. The Morgan fingerprint density at radius 2 is 1.93 bits per heavy atom. The lowest BCUT2D eigenvalue weighted by Crippen LogP contribution is -2.08. The Kier molecular flexibility index (Phi) is 4.58. The number of esters is 1. The standard InChI is InChI=1S/C20H13F3N2O2/c1-11-17(19(26)27-2)15-8-12(10-24)6-7-16(15)25-18(11)13-4-3-5-14(9-13)20(21,22)23/h3-9H,1-2H3. The Labute approximate surface area is 152 Å². The van der Waals surface area contributed by atoms with Crippen LogP contribution in [0.1, 0.15) is 27.0 Å². The minimum Gasteiger partial charge on any atom is -0.465 e. The Bertz CT molecular complexity index is 1100. The van der Waals surface area contributed by atoms with Crippen molar-refractivity contribution in [2.24, 2.45) is 0 Å².